The molecule has 1 fully saturated rings. The normalized spacial score (nSPS) is 16.8. The molecule has 106 valence electrons. The van der Waals surface area contributed by atoms with Crippen LogP contribution in [-0.4, -0.2) is 53.4 Å². The van der Waals surface area contributed by atoms with Crippen LogP contribution >= 0.6 is 0 Å². The third kappa shape index (κ3) is 2.20. The van der Waals surface area contributed by atoms with Gasteiger partial charge in [0, 0.05) is 42.8 Å². The van der Waals surface area contributed by atoms with Crippen molar-refractivity contribution in [2.45, 2.75) is 13.8 Å². The van der Waals surface area contributed by atoms with Crippen LogP contribution in [0, 0.1) is 6.92 Å². The zero-order valence-corrected chi connectivity index (χ0v) is 12.1. The third-order valence-electron chi connectivity index (χ3n) is 4.21. The van der Waals surface area contributed by atoms with Gasteiger partial charge in [-0.1, -0.05) is 25.1 Å². The lowest BCUT2D eigenvalue weighted by Crippen LogP contribution is -2.48. The maximum atomic E-state index is 12.8. The molecule has 1 amide bonds. The Balaban J connectivity index is 1.88. The van der Waals surface area contributed by atoms with Crippen LogP contribution in [0.2, 0.25) is 0 Å². The lowest BCUT2D eigenvalue weighted by molar-refractivity contribution is 0.0644. The molecule has 2 heterocycles. The number of benzene rings is 1. The van der Waals surface area contributed by atoms with Crippen molar-refractivity contribution in [3.63, 3.8) is 0 Å². The molecular formula is C16H21N3O. The second kappa shape index (κ2) is 5.29. The number of likely N-dealkylation sites (N-methyl/N-ethyl adjacent to an activating group) is 1. The van der Waals surface area contributed by atoms with E-state index in [1.165, 1.54) is 0 Å². The molecule has 4 heteroatoms. The van der Waals surface area contributed by atoms with Gasteiger partial charge in [0.2, 0.25) is 0 Å². The molecule has 0 aliphatic carbocycles. The van der Waals surface area contributed by atoms with E-state index in [-0.39, 0.29) is 5.91 Å². The summed E-state index contributed by atoms with van der Waals surface area (Å²) in [5, 5.41) is 1.04. The van der Waals surface area contributed by atoms with Crippen LogP contribution in [0.3, 0.4) is 0 Å². The summed E-state index contributed by atoms with van der Waals surface area (Å²) in [4.78, 5) is 20.4. The number of amides is 1. The molecule has 0 bridgehead atoms. The highest BCUT2D eigenvalue weighted by Gasteiger charge is 2.24. The molecule has 1 aliphatic rings. The van der Waals surface area contributed by atoms with Crippen molar-refractivity contribution in [2.75, 3.05) is 32.7 Å². The highest BCUT2D eigenvalue weighted by Crippen LogP contribution is 2.23. The molecule has 3 rings (SSSR count). The number of nitrogens with zero attached hydrogens (tertiary/aromatic N) is 2. The average molecular weight is 271 g/mol. The first-order chi connectivity index (χ1) is 9.70. The molecule has 1 N–H and O–H groups in total. The topological polar surface area (TPSA) is 39.3 Å². The Hall–Kier alpha value is -1.81. The number of fused-ring (bicyclic) bond motifs is 1. The second-order valence-corrected chi connectivity index (χ2v) is 5.40. The predicted octanol–water partition coefficient (Wildman–Crippen LogP) is 2.25. The van der Waals surface area contributed by atoms with E-state index in [1.54, 1.807) is 0 Å². The lowest BCUT2D eigenvalue weighted by Gasteiger charge is -2.34. The van der Waals surface area contributed by atoms with E-state index in [2.05, 4.69) is 16.8 Å². The molecule has 0 unspecified atom stereocenters. The van der Waals surface area contributed by atoms with Crippen molar-refractivity contribution in [3.8, 4) is 0 Å². The van der Waals surface area contributed by atoms with E-state index >= 15 is 0 Å². The smallest absolute Gasteiger partial charge is 0.256 e. The van der Waals surface area contributed by atoms with Gasteiger partial charge in [0.05, 0.1) is 5.56 Å². The summed E-state index contributed by atoms with van der Waals surface area (Å²) in [5.41, 5.74) is 2.85. The van der Waals surface area contributed by atoms with Crippen molar-refractivity contribution in [1.82, 2.24) is 14.8 Å². The second-order valence-electron chi connectivity index (χ2n) is 5.40. The quantitative estimate of drug-likeness (QED) is 0.910. The van der Waals surface area contributed by atoms with Crippen LogP contribution in [0.15, 0.2) is 24.3 Å². The zero-order chi connectivity index (χ0) is 14.1. The molecule has 1 aromatic heterocycles. The number of aromatic nitrogens is 1. The van der Waals surface area contributed by atoms with E-state index in [0.29, 0.717) is 0 Å². The summed E-state index contributed by atoms with van der Waals surface area (Å²) >= 11 is 0. The molecule has 4 nitrogen and oxygen atoms in total. The summed E-state index contributed by atoms with van der Waals surface area (Å²) in [6, 6.07) is 8.02. The lowest BCUT2D eigenvalue weighted by atomic mass is 10.1. The van der Waals surface area contributed by atoms with E-state index in [1.807, 2.05) is 36.1 Å². The molecule has 2 aromatic rings. The van der Waals surface area contributed by atoms with Crippen molar-refractivity contribution in [1.29, 1.82) is 0 Å². The minimum atomic E-state index is 0.163. The number of hydrogen-bond donors (Lipinski definition) is 1. The Morgan fingerprint density at radius 3 is 2.60 bits per heavy atom. The first-order valence-corrected chi connectivity index (χ1v) is 7.29. The summed E-state index contributed by atoms with van der Waals surface area (Å²) in [7, 11) is 0. The molecule has 0 radical (unpaired) electrons. The molecule has 20 heavy (non-hydrogen) atoms. The monoisotopic (exact) mass is 271 g/mol. The van der Waals surface area contributed by atoms with Crippen LogP contribution in [-0.2, 0) is 0 Å². The standard InChI is InChI=1S/C16H21N3O/c1-3-18-8-10-19(11-9-18)16(20)15-12(2)17-14-7-5-4-6-13(14)15/h4-7,17H,3,8-11H2,1-2H3. The Labute approximate surface area is 119 Å². The first kappa shape index (κ1) is 13.2. The highest BCUT2D eigenvalue weighted by atomic mass is 16.2. The molecule has 0 atom stereocenters. The number of aryl methyl sites for hydroxylation is 1. The fourth-order valence-electron chi connectivity index (χ4n) is 2.98. The van der Waals surface area contributed by atoms with Crippen LogP contribution in [0.25, 0.3) is 10.9 Å². The van der Waals surface area contributed by atoms with E-state index in [0.717, 1.165) is 54.9 Å². The van der Waals surface area contributed by atoms with Crippen LogP contribution < -0.4 is 0 Å². The highest BCUT2D eigenvalue weighted by molar-refractivity contribution is 6.08. The molecular weight excluding hydrogens is 250 g/mol. The predicted molar refractivity (Wildman–Crippen MR) is 81.1 cm³/mol. The van der Waals surface area contributed by atoms with Crippen molar-refractivity contribution in [2.24, 2.45) is 0 Å². The summed E-state index contributed by atoms with van der Waals surface area (Å²) in [6.45, 7) is 8.81. The number of rotatable bonds is 2. The van der Waals surface area contributed by atoms with Crippen LogP contribution in [0.5, 0.6) is 0 Å². The fraction of sp³-hybridized carbons (Fsp3) is 0.438. The van der Waals surface area contributed by atoms with Gasteiger partial charge >= 0.3 is 0 Å². The van der Waals surface area contributed by atoms with Gasteiger partial charge in [0.15, 0.2) is 0 Å². The van der Waals surface area contributed by atoms with Gasteiger partial charge in [-0.05, 0) is 19.5 Å². The van der Waals surface area contributed by atoms with Gasteiger partial charge in [-0.15, -0.1) is 0 Å². The molecule has 0 saturated carbocycles. The van der Waals surface area contributed by atoms with Gasteiger partial charge in [-0.25, -0.2) is 0 Å². The molecule has 0 spiro atoms. The number of nitrogens with one attached hydrogen (secondary N) is 1. The maximum Gasteiger partial charge on any atom is 0.256 e. The number of carbonyl (C=O) groups excluding carboxylic acids is 1. The van der Waals surface area contributed by atoms with E-state index < -0.39 is 0 Å². The number of para-hydroxylation sites is 1. The summed E-state index contributed by atoms with van der Waals surface area (Å²) < 4.78 is 0. The maximum absolute atomic E-state index is 12.8. The Kier molecular flexibility index (Phi) is 3.49. The van der Waals surface area contributed by atoms with Gasteiger partial charge in [0.1, 0.15) is 0 Å². The van der Waals surface area contributed by atoms with Gasteiger partial charge < -0.3 is 14.8 Å². The van der Waals surface area contributed by atoms with Crippen LogP contribution in [0.4, 0.5) is 0 Å². The average Bonchev–Trinajstić information content (AvgIpc) is 2.82. The van der Waals surface area contributed by atoms with E-state index in [9.17, 15) is 4.79 Å². The molecule has 1 aromatic carbocycles. The summed E-state index contributed by atoms with van der Waals surface area (Å²) in [6.07, 6.45) is 0. The Morgan fingerprint density at radius 1 is 1.20 bits per heavy atom. The number of H-pyrrole nitrogens is 1. The minimum Gasteiger partial charge on any atom is -0.358 e. The Morgan fingerprint density at radius 2 is 1.90 bits per heavy atom. The summed E-state index contributed by atoms with van der Waals surface area (Å²) in [5.74, 6) is 0.163. The molecule has 1 saturated heterocycles. The third-order valence-corrected chi connectivity index (χ3v) is 4.21. The number of carbonyl (C=O) groups is 1. The Bertz CT molecular complexity index is 624. The zero-order valence-electron chi connectivity index (χ0n) is 12.1. The fourth-order valence-corrected chi connectivity index (χ4v) is 2.98. The largest absolute Gasteiger partial charge is 0.358 e. The minimum absolute atomic E-state index is 0.163. The van der Waals surface area contributed by atoms with Crippen molar-refractivity contribution in [3.05, 3.63) is 35.5 Å². The van der Waals surface area contributed by atoms with Gasteiger partial charge in [0.25, 0.3) is 5.91 Å². The SMILES string of the molecule is CCN1CCN(C(=O)c2c(C)[nH]c3ccccc23)CC1. The number of aromatic amines is 1. The number of hydrogen-bond acceptors (Lipinski definition) is 2. The van der Waals surface area contributed by atoms with Gasteiger partial charge in [-0.2, -0.15) is 0 Å². The van der Waals surface area contributed by atoms with Gasteiger partial charge in [-0.3, -0.25) is 4.79 Å². The van der Waals surface area contributed by atoms with Crippen molar-refractivity contribution >= 4 is 16.8 Å². The van der Waals surface area contributed by atoms with Crippen molar-refractivity contribution < 1.29 is 4.79 Å². The number of piperazine rings is 1. The first-order valence-electron chi connectivity index (χ1n) is 7.29. The molecule has 1 aliphatic heterocycles. The van der Waals surface area contributed by atoms with Crippen LogP contribution in [0.1, 0.15) is 23.0 Å². The van der Waals surface area contributed by atoms with E-state index in [4.69, 9.17) is 0 Å².